The molecule has 0 saturated heterocycles. The van der Waals surface area contributed by atoms with E-state index in [1.165, 1.54) is 25.1 Å². The van der Waals surface area contributed by atoms with Crippen LogP contribution in [0.25, 0.3) is 0 Å². The summed E-state index contributed by atoms with van der Waals surface area (Å²) in [4.78, 5) is 1.24. The Morgan fingerprint density at radius 1 is 1.07 bits per heavy atom. The maximum absolute atomic E-state index is 12.8. The highest BCUT2D eigenvalue weighted by molar-refractivity contribution is 4.98. The second-order valence-electron chi connectivity index (χ2n) is 3.04. The molecule has 14 heavy (non-hydrogen) atoms. The first-order valence-corrected chi connectivity index (χ1v) is 3.81. The van der Waals surface area contributed by atoms with Gasteiger partial charge in [-0.15, -0.1) is 0 Å². The van der Waals surface area contributed by atoms with Crippen LogP contribution in [-0.2, 0) is 0 Å². The zero-order valence-corrected chi connectivity index (χ0v) is 7.52. The molecule has 1 aliphatic heterocycles. The van der Waals surface area contributed by atoms with Crippen molar-refractivity contribution >= 4 is 0 Å². The minimum absolute atomic E-state index is 0.0208. The molecule has 0 fully saturated rings. The number of halogens is 5. The predicted octanol–water partition coefficient (Wildman–Crippen LogP) is 2.21. The first-order chi connectivity index (χ1) is 6.18. The van der Waals surface area contributed by atoms with E-state index in [0.29, 0.717) is 0 Å². The van der Waals surface area contributed by atoms with Crippen molar-refractivity contribution in [3.8, 4) is 0 Å². The minimum atomic E-state index is -5.56. The summed E-state index contributed by atoms with van der Waals surface area (Å²) in [7, 11) is 1.42. The van der Waals surface area contributed by atoms with Gasteiger partial charge >= 0.3 is 12.2 Å². The van der Waals surface area contributed by atoms with Crippen molar-refractivity contribution in [2.24, 2.45) is 0 Å². The molecule has 1 atom stereocenters. The summed E-state index contributed by atoms with van der Waals surface area (Å²) in [6.45, 7) is 1.26. The molecule has 1 unspecified atom stereocenters. The molecule has 0 spiro atoms. The van der Waals surface area contributed by atoms with E-state index in [2.05, 4.69) is 0 Å². The maximum atomic E-state index is 12.8. The molecule has 7 heteroatoms. The molecule has 0 bridgehead atoms. The molecule has 0 saturated carbocycles. The van der Waals surface area contributed by atoms with Gasteiger partial charge in [-0.05, 0) is 6.92 Å². The SMILES string of the molecule is CC1N(C)C=CN1C(F)(F)C(F)(F)F. The quantitative estimate of drug-likeness (QED) is 0.489. The zero-order chi connectivity index (χ0) is 11.1. The Bertz CT molecular complexity index is 247. The standard InChI is InChI=1S/C7H9F5N2/c1-5-13(2)3-4-14(5)7(11,12)6(8,9)10/h3-5H,1-2H3. The van der Waals surface area contributed by atoms with Crippen LogP contribution in [0.1, 0.15) is 6.92 Å². The second kappa shape index (κ2) is 2.99. The van der Waals surface area contributed by atoms with Gasteiger partial charge in [0.1, 0.15) is 6.17 Å². The highest BCUT2D eigenvalue weighted by atomic mass is 19.4. The topological polar surface area (TPSA) is 6.48 Å². The molecule has 0 radical (unpaired) electrons. The molecule has 0 aromatic carbocycles. The fourth-order valence-electron chi connectivity index (χ4n) is 1.10. The third kappa shape index (κ3) is 1.51. The molecular weight excluding hydrogens is 207 g/mol. The van der Waals surface area contributed by atoms with Crippen molar-refractivity contribution < 1.29 is 22.0 Å². The van der Waals surface area contributed by atoms with E-state index in [-0.39, 0.29) is 4.90 Å². The van der Waals surface area contributed by atoms with Crippen LogP contribution in [0, 0.1) is 0 Å². The van der Waals surface area contributed by atoms with Crippen molar-refractivity contribution in [3.05, 3.63) is 12.4 Å². The van der Waals surface area contributed by atoms with E-state index in [4.69, 9.17) is 0 Å². The second-order valence-corrected chi connectivity index (χ2v) is 3.04. The van der Waals surface area contributed by atoms with Crippen LogP contribution < -0.4 is 0 Å². The number of hydrogen-bond acceptors (Lipinski definition) is 2. The smallest absolute Gasteiger partial charge is 0.359 e. The van der Waals surface area contributed by atoms with Gasteiger partial charge < -0.3 is 4.90 Å². The lowest BCUT2D eigenvalue weighted by atomic mass is 10.4. The number of hydrogen-bond donors (Lipinski definition) is 0. The van der Waals surface area contributed by atoms with Crippen LogP contribution in [0.2, 0.25) is 0 Å². The first-order valence-electron chi connectivity index (χ1n) is 3.81. The molecule has 1 aliphatic rings. The normalized spacial score (nSPS) is 23.5. The van der Waals surface area contributed by atoms with Gasteiger partial charge in [-0.1, -0.05) is 0 Å². The summed E-state index contributed by atoms with van der Waals surface area (Å²) in [6.07, 6.45) is -4.66. The van der Waals surface area contributed by atoms with Gasteiger partial charge in [-0.3, -0.25) is 4.90 Å². The lowest BCUT2D eigenvalue weighted by molar-refractivity contribution is -0.338. The third-order valence-electron chi connectivity index (χ3n) is 2.12. The summed E-state index contributed by atoms with van der Waals surface area (Å²) in [5, 5.41) is 0. The van der Waals surface area contributed by atoms with Crippen LogP contribution >= 0.6 is 0 Å². The van der Waals surface area contributed by atoms with Gasteiger partial charge in [-0.25, -0.2) is 0 Å². The van der Waals surface area contributed by atoms with Crippen molar-refractivity contribution in [2.75, 3.05) is 7.05 Å². The van der Waals surface area contributed by atoms with Gasteiger partial charge in [-0.2, -0.15) is 22.0 Å². The summed E-state index contributed by atoms with van der Waals surface area (Å²) < 4.78 is 61.4. The lowest BCUT2D eigenvalue weighted by Crippen LogP contribution is -2.53. The van der Waals surface area contributed by atoms with E-state index in [1.807, 2.05) is 0 Å². The molecule has 82 valence electrons. The third-order valence-corrected chi connectivity index (χ3v) is 2.12. The Hall–Kier alpha value is -1.01. The Kier molecular flexibility index (Phi) is 2.37. The molecule has 1 heterocycles. The predicted molar refractivity (Wildman–Crippen MR) is 39.2 cm³/mol. The van der Waals surface area contributed by atoms with Crippen molar-refractivity contribution in [3.63, 3.8) is 0 Å². The van der Waals surface area contributed by atoms with Gasteiger partial charge in [0, 0.05) is 19.4 Å². The molecule has 0 amide bonds. The summed E-state index contributed by atoms with van der Waals surface area (Å²) in [6, 6.07) is -4.83. The number of rotatable bonds is 1. The number of alkyl halides is 5. The Morgan fingerprint density at radius 3 is 1.86 bits per heavy atom. The van der Waals surface area contributed by atoms with E-state index >= 15 is 0 Å². The zero-order valence-electron chi connectivity index (χ0n) is 7.52. The van der Waals surface area contributed by atoms with Gasteiger partial charge in [0.15, 0.2) is 0 Å². The highest BCUT2D eigenvalue weighted by Crippen LogP contribution is 2.41. The summed E-state index contributed by atoms with van der Waals surface area (Å²) >= 11 is 0. The average Bonchev–Trinajstić information content (AvgIpc) is 2.30. The van der Waals surface area contributed by atoms with Crippen LogP contribution in [0.5, 0.6) is 0 Å². The van der Waals surface area contributed by atoms with E-state index in [1.54, 1.807) is 0 Å². The molecular formula is C7H9F5N2. The lowest BCUT2D eigenvalue weighted by Gasteiger charge is -2.34. The average molecular weight is 216 g/mol. The van der Waals surface area contributed by atoms with E-state index in [0.717, 1.165) is 6.20 Å². The molecule has 1 rings (SSSR count). The fourth-order valence-corrected chi connectivity index (χ4v) is 1.10. The van der Waals surface area contributed by atoms with Gasteiger partial charge in [0.25, 0.3) is 0 Å². The summed E-state index contributed by atoms with van der Waals surface area (Å²) in [5.41, 5.74) is 0. The van der Waals surface area contributed by atoms with Crippen molar-refractivity contribution in [2.45, 2.75) is 25.3 Å². The Balaban J connectivity index is 2.90. The summed E-state index contributed by atoms with van der Waals surface area (Å²) in [5.74, 6) is 0. The van der Waals surface area contributed by atoms with Crippen molar-refractivity contribution in [1.82, 2.24) is 9.80 Å². The minimum Gasteiger partial charge on any atom is -0.359 e. The van der Waals surface area contributed by atoms with Crippen molar-refractivity contribution in [1.29, 1.82) is 0 Å². The molecule has 0 aliphatic carbocycles. The highest BCUT2D eigenvalue weighted by Gasteiger charge is 2.63. The van der Waals surface area contributed by atoms with E-state index < -0.39 is 18.4 Å². The van der Waals surface area contributed by atoms with Gasteiger partial charge in [0.2, 0.25) is 0 Å². The van der Waals surface area contributed by atoms with Crippen LogP contribution in [-0.4, -0.2) is 35.2 Å². The van der Waals surface area contributed by atoms with Crippen LogP contribution in [0.3, 0.4) is 0 Å². The number of nitrogens with zero attached hydrogens (tertiary/aromatic N) is 2. The Labute approximate surface area is 77.6 Å². The van der Waals surface area contributed by atoms with E-state index in [9.17, 15) is 22.0 Å². The molecule has 0 aromatic rings. The maximum Gasteiger partial charge on any atom is 0.475 e. The van der Waals surface area contributed by atoms with Crippen LogP contribution in [0.15, 0.2) is 12.4 Å². The first kappa shape index (κ1) is 11.1. The molecule has 0 N–H and O–H groups in total. The monoisotopic (exact) mass is 216 g/mol. The molecule has 2 nitrogen and oxygen atoms in total. The molecule has 0 aromatic heterocycles. The fraction of sp³-hybridized carbons (Fsp3) is 0.714. The Morgan fingerprint density at radius 2 is 1.57 bits per heavy atom. The van der Waals surface area contributed by atoms with Crippen LogP contribution in [0.4, 0.5) is 22.0 Å². The largest absolute Gasteiger partial charge is 0.475 e. The van der Waals surface area contributed by atoms with Gasteiger partial charge in [0.05, 0.1) is 0 Å².